The quantitative estimate of drug-likeness (QED) is 0.841. The van der Waals surface area contributed by atoms with Crippen LogP contribution in [-0.2, 0) is 4.74 Å². The summed E-state index contributed by atoms with van der Waals surface area (Å²) in [5, 5.41) is 20.3. The number of nitrogens with zero attached hydrogens (tertiary/aromatic N) is 3. The minimum atomic E-state index is 0.0958. The fourth-order valence-corrected chi connectivity index (χ4v) is 1.42. The first kappa shape index (κ1) is 13.4. The molecule has 0 aliphatic heterocycles. The van der Waals surface area contributed by atoms with Crippen LogP contribution in [0.5, 0.6) is 0 Å². The molecule has 1 atom stereocenters. The van der Waals surface area contributed by atoms with Crippen molar-refractivity contribution in [3.05, 3.63) is 16.8 Å². The highest BCUT2D eigenvalue weighted by atomic mass is 16.5. The zero-order chi connectivity index (χ0) is 12.8. The molecule has 17 heavy (non-hydrogen) atoms. The van der Waals surface area contributed by atoms with E-state index >= 15 is 0 Å². The molecule has 0 radical (unpaired) electrons. The summed E-state index contributed by atoms with van der Waals surface area (Å²) in [5.74, 6) is 0.530. The molecular weight excluding hydrogens is 216 g/mol. The van der Waals surface area contributed by atoms with Crippen LogP contribution in [0.25, 0.3) is 0 Å². The Hall–Kier alpha value is -1.67. The number of rotatable bonds is 5. The molecule has 1 aromatic rings. The number of hydrogen-bond acceptors (Lipinski definition) is 5. The van der Waals surface area contributed by atoms with E-state index in [0.717, 1.165) is 11.3 Å². The lowest BCUT2D eigenvalue weighted by Gasteiger charge is -2.15. The second kappa shape index (κ2) is 6.16. The van der Waals surface area contributed by atoms with Crippen molar-refractivity contribution < 1.29 is 4.74 Å². The van der Waals surface area contributed by atoms with Gasteiger partial charge in [0.1, 0.15) is 11.6 Å². The van der Waals surface area contributed by atoms with Crippen molar-refractivity contribution >= 4 is 5.82 Å². The minimum absolute atomic E-state index is 0.0958. The molecule has 0 bridgehead atoms. The van der Waals surface area contributed by atoms with E-state index in [9.17, 15) is 0 Å². The summed E-state index contributed by atoms with van der Waals surface area (Å²) < 4.78 is 5.30. The van der Waals surface area contributed by atoms with Crippen LogP contribution < -0.4 is 5.32 Å². The molecule has 1 rings (SSSR count). The Morgan fingerprint density at radius 3 is 2.71 bits per heavy atom. The molecule has 0 aliphatic carbocycles. The van der Waals surface area contributed by atoms with E-state index in [1.165, 1.54) is 0 Å². The molecule has 0 fully saturated rings. The normalized spacial score (nSPS) is 11.9. The van der Waals surface area contributed by atoms with Gasteiger partial charge in [0, 0.05) is 12.6 Å². The van der Waals surface area contributed by atoms with Crippen molar-refractivity contribution in [2.75, 3.05) is 18.5 Å². The number of anilines is 1. The molecule has 1 unspecified atom stereocenters. The highest BCUT2D eigenvalue weighted by Gasteiger charge is 2.12. The molecule has 5 heteroatoms. The highest BCUT2D eigenvalue weighted by molar-refractivity contribution is 5.56. The van der Waals surface area contributed by atoms with Gasteiger partial charge < -0.3 is 10.1 Å². The maximum Gasteiger partial charge on any atom is 0.167 e. The van der Waals surface area contributed by atoms with E-state index < -0.39 is 0 Å². The van der Waals surface area contributed by atoms with Gasteiger partial charge in [-0.05, 0) is 33.3 Å². The van der Waals surface area contributed by atoms with Gasteiger partial charge in [-0.1, -0.05) is 0 Å². The Morgan fingerprint density at radius 1 is 1.41 bits per heavy atom. The van der Waals surface area contributed by atoms with Crippen LogP contribution in [0.1, 0.15) is 30.7 Å². The number of ether oxygens (including phenoxy) is 1. The summed E-state index contributed by atoms with van der Waals surface area (Å²) in [4.78, 5) is 0. The van der Waals surface area contributed by atoms with E-state index in [1.807, 2.05) is 27.7 Å². The third kappa shape index (κ3) is 3.40. The van der Waals surface area contributed by atoms with Crippen LogP contribution in [0.15, 0.2) is 0 Å². The molecule has 92 valence electrons. The summed E-state index contributed by atoms with van der Waals surface area (Å²) in [7, 11) is 0. The van der Waals surface area contributed by atoms with E-state index in [1.54, 1.807) is 0 Å². The number of nitriles is 1. The molecular formula is C12H18N4O. The Kier molecular flexibility index (Phi) is 4.85. The average Bonchev–Trinajstić information content (AvgIpc) is 2.32. The van der Waals surface area contributed by atoms with Gasteiger partial charge in [-0.2, -0.15) is 10.4 Å². The Morgan fingerprint density at radius 2 is 2.12 bits per heavy atom. The second-order valence-electron chi connectivity index (χ2n) is 3.95. The molecule has 1 heterocycles. The largest absolute Gasteiger partial charge is 0.380 e. The van der Waals surface area contributed by atoms with Gasteiger partial charge >= 0.3 is 0 Å². The lowest BCUT2D eigenvalue weighted by Crippen LogP contribution is -2.23. The first-order valence-corrected chi connectivity index (χ1v) is 5.68. The van der Waals surface area contributed by atoms with Gasteiger partial charge in [-0.15, -0.1) is 5.10 Å². The number of aryl methyl sites for hydroxylation is 1. The summed E-state index contributed by atoms with van der Waals surface area (Å²) in [6.07, 6.45) is 0. The van der Waals surface area contributed by atoms with Crippen LogP contribution in [-0.4, -0.2) is 29.5 Å². The van der Waals surface area contributed by atoms with Crippen LogP contribution in [0.4, 0.5) is 5.82 Å². The highest BCUT2D eigenvalue weighted by Crippen LogP contribution is 2.17. The standard InChI is InChI=1S/C12H18N4O/c1-5-17-7-8(2)14-12-11(6-13)9(3)10(4)15-16-12/h8H,5,7H2,1-4H3,(H,14,16). The molecule has 0 spiro atoms. The second-order valence-corrected chi connectivity index (χ2v) is 3.95. The number of nitrogens with one attached hydrogen (secondary N) is 1. The van der Waals surface area contributed by atoms with Gasteiger partial charge in [0.25, 0.3) is 0 Å². The van der Waals surface area contributed by atoms with Crippen LogP contribution in [0.3, 0.4) is 0 Å². The van der Waals surface area contributed by atoms with Crippen molar-refractivity contribution in [3.63, 3.8) is 0 Å². The molecule has 0 aliphatic rings. The molecule has 5 nitrogen and oxygen atoms in total. The Balaban J connectivity index is 2.85. The molecule has 1 aromatic heterocycles. The summed E-state index contributed by atoms with van der Waals surface area (Å²) in [5.41, 5.74) is 2.21. The third-order valence-electron chi connectivity index (χ3n) is 2.52. The lowest BCUT2D eigenvalue weighted by atomic mass is 10.1. The first-order chi connectivity index (χ1) is 8.10. The van der Waals surface area contributed by atoms with Crippen molar-refractivity contribution in [1.29, 1.82) is 5.26 Å². The van der Waals surface area contributed by atoms with Gasteiger partial charge in [-0.3, -0.25) is 0 Å². The number of aromatic nitrogens is 2. The van der Waals surface area contributed by atoms with Gasteiger partial charge in [0.2, 0.25) is 0 Å². The fraction of sp³-hybridized carbons (Fsp3) is 0.583. The van der Waals surface area contributed by atoms with Crippen LogP contribution >= 0.6 is 0 Å². The maximum atomic E-state index is 9.12. The van der Waals surface area contributed by atoms with Crippen LogP contribution in [0, 0.1) is 25.2 Å². The summed E-state index contributed by atoms with van der Waals surface area (Å²) in [6.45, 7) is 8.90. The Labute approximate surface area is 102 Å². The van der Waals surface area contributed by atoms with Crippen LogP contribution in [0.2, 0.25) is 0 Å². The van der Waals surface area contributed by atoms with Crippen molar-refractivity contribution in [1.82, 2.24) is 10.2 Å². The topological polar surface area (TPSA) is 70.8 Å². The number of hydrogen-bond donors (Lipinski definition) is 1. The van der Waals surface area contributed by atoms with E-state index in [-0.39, 0.29) is 6.04 Å². The van der Waals surface area contributed by atoms with E-state index in [4.69, 9.17) is 10.00 Å². The van der Waals surface area contributed by atoms with Gasteiger partial charge in [0.05, 0.1) is 12.3 Å². The maximum absolute atomic E-state index is 9.12. The summed E-state index contributed by atoms with van der Waals surface area (Å²) >= 11 is 0. The minimum Gasteiger partial charge on any atom is -0.380 e. The van der Waals surface area contributed by atoms with Crippen molar-refractivity contribution in [2.24, 2.45) is 0 Å². The monoisotopic (exact) mass is 234 g/mol. The zero-order valence-electron chi connectivity index (χ0n) is 10.7. The first-order valence-electron chi connectivity index (χ1n) is 5.68. The predicted molar refractivity (Wildman–Crippen MR) is 65.8 cm³/mol. The zero-order valence-corrected chi connectivity index (χ0v) is 10.7. The summed E-state index contributed by atoms with van der Waals surface area (Å²) in [6, 6.07) is 2.26. The molecule has 1 N–H and O–H groups in total. The predicted octanol–water partition coefficient (Wildman–Crippen LogP) is 1.80. The SMILES string of the molecule is CCOCC(C)Nc1nnc(C)c(C)c1C#N. The van der Waals surface area contributed by atoms with E-state index in [2.05, 4.69) is 21.6 Å². The third-order valence-corrected chi connectivity index (χ3v) is 2.52. The molecule has 0 aromatic carbocycles. The van der Waals surface area contributed by atoms with Crippen molar-refractivity contribution in [2.45, 2.75) is 33.7 Å². The van der Waals surface area contributed by atoms with Crippen molar-refractivity contribution in [3.8, 4) is 6.07 Å². The lowest BCUT2D eigenvalue weighted by molar-refractivity contribution is 0.141. The fourth-order valence-electron chi connectivity index (χ4n) is 1.42. The average molecular weight is 234 g/mol. The Bertz CT molecular complexity index is 425. The molecule has 0 saturated heterocycles. The van der Waals surface area contributed by atoms with Gasteiger partial charge in [0.15, 0.2) is 5.82 Å². The molecule has 0 amide bonds. The smallest absolute Gasteiger partial charge is 0.167 e. The van der Waals surface area contributed by atoms with Gasteiger partial charge in [-0.25, -0.2) is 0 Å². The van der Waals surface area contributed by atoms with E-state index in [0.29, 0.717) is 24.6 Å². The molecule has 0 saturated carbocycles.